The predicted molar refractivity (Wildman–Crippen MR) is 35.8 cm³/mol. The van der Waals surface area contributed by atoms with Crippen molar-refractivity contribution in [3.63, 3.8) is 0 Å². The van der Waals surface area contributed by atoms with Gasteiger partial charge in [0.15, 0.2) is 11.6 Å². The van der Waals surface area contributed by atoms with Gasteiger partial charge in [0, 0.05) is 0 Å². The summed E-state index contributed by atoms with van der Waals surface area (Å²) in [5.41, 5.74) is 0. The molecule has 0 spiro atoms. The molecule has 1 nitrogen and oxygen atoms in total. The molecule has 0 saturated carbocycles. The molecule has 0 aromatic heterocycles. The molecule has 0 aliphatic rings. The van der Waals surface area contributed by atoms with Gasteiger partial charge in [-0.05, 0) is 12.1 Å². The molecule has 11 heavy (non-hydrogen) atoms. The first-order valence-electron chi connectivity index (χ1n) is 2.82. The van der Waals surface area contributed by atoms with Crippen molar-refractivity contribution in [3.05, 3.63) is 29.8 Å². The summed E-state index contributed by atoms with van der Waals surface area (Å²) in [6.07, 6.45) is 6.38. The zero-order valence-corrected chi connectivity index (χ0v) is 5.47. The minimum absolute atomic E-state index is 0.532. The number of halogens is 2. The number of benzene rings is 1. The van der Waals surface area contributed by atoms with Crippen molar-refractivity contribution in [3.8, 4) is 18.3 Å². The molecule has 56 valence electrons. The maximum atomic E-state index is 12.6. The minimum Gasteiger partial charge on any atom is -0.402 e. The Hall–Kier alpha value is -1.56. The quantitative estimate of drug-likeness (QED) is 0.561. The Morgan fingerprint density at radius 3 is 2.27 bits per heavy atom. The molecule has 0 bridgehead atoms. The lowest BCUT2D eigenvalue weighted by Crippen LogP contribution is -1.90. The second-order valence-electron chi connectivity index (χ2n) is 1.77. The van der Waals surface area contributed by atoms with Crippen LogP contribution in [0.15, 0.2) is 18.2 Å². The van der Waals surface area contributed by atoms with E-state index in [-0.39, 0.29) is 0 Å². The topological polar surface area (TPSA) is 9.23 Å². The van der Waals surface area contributed by atoms with Crippen LogP contribution in [0.3, 0.4) is 0 Å². The zero-order chi connectivity index (χ0) is 8.27. The number of ether oxygens (including phenoxy) is 1. The van der Waals surface area contributed by atoms with Gasteiger partial charge < -0.3 is 4.74 Å². The standard InChI is InChI=1S/C8H4F2O/c1-2-11-8-6(9)4-3-5-7(8)10/h1,3-5H. The van der Waals surface area contributed by atoms with Gasteiger partial charge >= 0.3 is 0 Å². The summed E-state index contributed by atoms with van der Waals surface area (Å²) in [5, 5.41) is 0. The molecule has 0 saturated heterocycles. The smallest absolute Gasteiger partial charge is 0.211 e. The molecule has 1 rings (SSSR count). The third kappa shape index (κ3) is 1.47. The van der Waals surface area contributed by atoms with E-state index in [1.54, 1.807) is 6.11 Å². The van der Waals surface area contributed by atoms with Crippen molar-refractivity contribution in [2.75, 3.05) is 0 Å². The van der Waals surface area contributed by atoms with E-state index >= 15 is 0 Å². The Morgan fingerprint density at radius 1 is 1.27 bits per heavy atom. The molecule has 0 unspecified atom stereocenters. The summed E-state index contributed by atoms with van der Waals surface area (Å²) in [4.78, 5) is 0. The van der Waals surface area contributed by atoms with E-state index in [4.69, 9.17) is 6.42 Å². The number of para-hydroxylation sites is 1. The highest BCUT2D eigenvalue weighted by molar-refractivity contribution is 5.27. The first kappa shape index (κ1) is 7.55. The fourth-order valence-corrected chi connectivity index (χ4v) is 0.639. The second kappa shape index (κ2) is 3.02. The zero-order valence-electron chi connectivity index (χ0n) is 5.47. The summed E-state index contributed by atoms with van der Waals surface area (Å²) in [6, 6.07) is 3.36. The maximum Gasteiger partial charge on any atom is 0.211 e. The van der Waals surface area contributed by atoms with E-state index < -0.39 is 17.4 Å². The molecule has 0 N–H and O–H groups in total. The van der Waals surface area contributed by atoms with Gasteiger partial charge in [0.1, 0.15) is 6.11 Å². The molecule has 0 amide bonds. The van der Waals surface area contributed by atoms with Gasteiger partial charge in [-0.1, -0.05) is 12.5 Å². The van der Waals surface area contributed by atoms with Crippen LogP contribution in [-0.4, -0.2) is 0 Å². The normalized spacial score (nSPS) is 8.82. The van der Waals surface area contributed by atoms with Crippen LogP contribution in [-0.2, 0) is 0 Å². The highest BCUT2D eigenvalue weighted by atomic mass is 19.1. The largest absolute Gasteiger partial charge is 0.402 e. The van der Waals surface area contributed by atoms with Gasteiger partial charge in [-0.15, -0.1) is 0 Å². The van der Waals surface area contributed by atoms with Gasteiger partial charge in [-0.3, -0.25) is 0 Å². The predicted octanol–water partition coefficient (Wildman–Crippen LogP) is 1.93. The molecule has 3 heteroatoms. The van der Waals surface area contributed by atoms with Crippen molar-refractivity contribution in [1.82, 2.24) is 0 Å². The first-order chi connectivity index (χ1) is 5.25. The van der Waals surface area contributed by atoms with E-state index in [1.165, 1.54) is 6.07 Å². The van der Waals surface area contributed by atoms with Gasteiger partial charge in [-0.2, -0.15) is 0 Å². The Kier molecular flexibility index (Phi) is 2.07. The summed E-state index contributed by atoms with van der Waals surface area (Å²) in [6.45, 7) is 0. The highest BCUT2D eigenvalue weighted by Crippen LogP contribution is 2.19. The lowest BCUT2D eigenvalue weighted by atomic mass is 10.3. The maximum absolute atomic E-state index is 12.6. The Labute approximate surface area is 62.6 Å². The molecule has 1 aromatic carbocycles. The number of terminal acetylenes is 1. The molecule has 0 heterocycles. The molecule has 0 atom stereocenters. The fraction of sp³-hybridized carbons (Fsp3) is 0. The van der Waals surface area contributed by atoms with E-state index in [0.717, 1.165) is 12.1 Å². The van der Waals surface area contributed by atoms with Crippen LogP contribution in [0.5, 0.6) is 5.75 Å². The van der Waals surface area contributed by atoms with Gasteiger partial charge in [-0.25, -0.2) is 8.78 Å². The first-order valence-corrected chi connectivity index (χ1v) is 2.82. The van der Waals surface area contributed by atoms with Gasteiger partial charge in [0.25, 0.3) is 0 Å². The Morgan fingerprint density at radius 2 is 1.82 bits per heavy atom. The Bertz CT molecular complexity index is 281. The van der Waals surface area contributed by atoms with Crippen LogP contribution in [0.1, 0.15) is 0 Å². The van der Waals surface area contributed by atoms with Crippen LogP contribution < -0.4 is 4.74 Å². The molecule has 0 radical (unpaired) electrons. The minimum atomic E-state index is -0.803. The highest BCUT2D eigenvalue weighted by Gasteiger charge is 2.07. The third-order valence-electron chi connectivity index (χ3n) is 1.08. The number of rotatable bonds is 1. The molecular weight excluding hydrogens is 150 g/mol. The van der Waals surface area contributed by atoms with E-state index in [9.17, 15) is 8.78 Å². The van der Waals surface area contributed by atoms with Crippen molar-refractivity contribution in [1.29, 1.82) is 0 Å². The van der Waals surface area contributed by atoms with E-state index in [0.29, 0.717) is 0 Å². The molecule has 0 fully saturated rings. The van der Waals surface area contributed by atoms with Crippen LogP contribution in [0.25, 0.3) is 0 Å². The number of hydrogen-bond acceptors (Lipinski definition) is 1. The van der Waals surface area contributed by atoms with Crippen molar-refractivity contribution in [2.45, 2.75) is 0 Å². The second-order valence-corrected chi connectivity index (χ2v) is 1.77. The molecular formula is C8H4F2O. The van der Waals surface area contributed by atoms with Crippen LogP contribution in [0, 0.1) is 24.2 Å². The summed E-state index contributed by atoms with van der Waals surface area (Å²) >= 11 is 0. The van der Waals surface area contributed by atoms with Crippen molar-refractivity contribution >= 4 is 0 Å². The average Bonchev–Trinajstić information content (AvgIpc) is 1.97. The van der Waals surface area contributed by atoms with Crippen molar-refractivity contribution < 1.29 is 13.5 Å². The summed E-state index contributed by atoms with van der Waals surface area (Å²) in [5.74, 6) is -2.14. The Balaban J connectivity index is 3.12. The average molecular weight is 154 g/mol. The van der Waals surface area contributed by atoms with Gasteiger partial charge in [0.2, 0.25) is 5.75 Å². The van der Waals surface area contributed by atoms with Gasteiger partial charge in [0.05, 0.1) is 0 Å². The van der Waals surface area contributed by atoms with Crippen molar-refractivity contribution in [2.24, 2.45) is 0 Å². The molecule has 1 aromatic rings. The summed E-state index contributed by atoms with van der Waals surface area (Å²) < 4.78 is 29.4. The lowest BCUT2D eigenvalue weighted by Gasteiger charge is -1.98. The van der Waals surface area contributed by atoms with Crippen LogP contribution in [0.4, 0.5) is 8.78 Å². The van der Waals surface area contributed by atoms with E-state index in [2.05, 4.69) is 4.74 Å². The third-order valence-corrected chi connectivity index (χ3v) is 1.08. The molecule has 0 aliphatic heterocycles. The van der Waals surface area contributed by atoms with E-state index in [1.807, 2.05) is 0 Å². The summed E-state index contributed by atoms with van der Waals surface area (Å²) in [7, 11) is 0. The van der Waals surface area contributed by atoms with Crippen LogP contribution >= 0.6 is 0 Å². The fourth-order valence-electron chi connectivity index (χ4n) is 0.639. The van der Waals surface area contributed by atoms with Crippen LogP contribution in [0.2, 0.25) is 0 Å². The number of hydrogen-bond donors (Lipinski definition) is 0. The lowest BCUT2D eigenvalue weighted by molar-refractivity contribution is 0.429. The monoisotopic (exact) mass is 154 g/mol. The SMILES string of the molecule is C#COc1c(F)cccc1F. The molecule has 0 aliphatic carbocycles.